The molecule has 0 amide bonds. The maximum Gasteiger partial charge on any atom is 0.341 e. The molecule has 0 saturated heterocycles. The Morgan fingerprint density at radius 1 is 1.47 bits per heavy atom. The molecule has 4 heteroatoms. The highest BCUT2D eigenvalue weighted by molar-refractivity contribution is 5.89. The van der Waals surface area contributed by atoms with Crippen molar-refractivity contribution in [3.8, 4) is 0 Å². The third-order valence-corrected chi connectivity index (χ3v) is 3.28. The topological polar surface area (TPSA) is 39.2 Å². The maximum atomic E-state index is 13.3. The molecule has 2 unspecified atom stereocenters. The summed E-state index contributed by atoms with van der Waals surface area (Å²) in [4.78, 5) is 15.4. The number of pyridine rings is 1. The molecular formula is C13H16FNO2. The van der Waals surface area contributed by atoms with Gasteiger partial charge in [0.2, 0.25) is 0 Å². The third-order valence-electron chi connectivity index (χ3n) is 3.28. The number of halogens is 1. The minimum absolute atomic E-state index is 0.0298. The molecule has 1 fully saturated rings. The fraction of sp³-hybridized carbons (Fsp3) is 0.538. The van der Waals surface area contributed by atoms with Crippen LogP contribution in [0.4, 0.5) is 4.39 Å². The standard InChI is InChI=1S/C13H16FNO2/c1-9-4-2-3-5-12(9)17-13(16)10-6-7-15-8-11(10)14/h6-9,12H,2-5H2,1H3. The highest BCUT2D eigenvalue weighted by Crippen LogP contribution is 2.27. The van der Waals surface area contributed by atoms with Gasteiger partial charge in [-0.1, -0.05) is 13.3 Å². The summed E-state index contributed by atoms with van der Waals surface area (Å²) in [6, 6.07) is 1.35. The van der Waals surface area contributed by atoms with Crippen LogP contribution in [-0.2, 0) is 4.74 Å². The van der Waals surface area contributed by atoms with Gasteiger partial charge in [0.25, 0.3) is 0 Å². The molecule has 0 bridgehead atoms. The molecule has 92 valence electrons. The zero-order chi connectivity index (χ0) is 12.3. The van der Waals surface area contributed by atoms with Crippen LogP contribution in [-0.4, -0.2) is 17.1 Å². The lowest BCUT2D eigenvalue weighted by Gasteiger charge is -2.28. The first-order valence-corrected chi connectivity index (χ1v) is 5.99. The lowest BCUT2D eigenvalue weighted by atomic mass is 9.88. The number of esters is 1. The minimum atomic E-state index is -0.624. The van der Waals surface area contributed by atoms with Gasteiger partial charge in [-0.15, -0.1) is 0 Å². The molecule has 1 aliphatic carbocycles. The first kappa shape index (κ1) is 12.0. The number of ether oxygens (including phenoxy) is 1. The Hall–Kier alpha value is -1.45. The monoisotopic (exact) mass is 237 g/mol. The molecule has 0 radical (unpaired) electrons. The van der Waals surface area contributed by atoms with E-state index in [-0.39, 0.29) is 11.7 Å². The summed E-state index contributed by atoms with van der Waals surface area (Å²) in [5.74, 6) is -0.845. The average molecular weight is 237 g/mol. The molecule has 1 saturated carbocycles. The molecule has 17 heavy (non-hydrogen) atoms. The number of hydrogen-bond acceptors (Lipinski definition) is 3. The summed E-state index contributed by atoms with van der Waals surface area (Å²) >= 11 is 0. The second-order valence-electron chi connectivity index (χ2n) is 4.56. The van der Waals surface area contributed by atoms with E-state index in [1.54, 1.807) is 0 Å². The van der Waals surface area contributed by atoms with Crippen molar-refractivity contribution in [2.75, 3.05) is 0 Å². The fourth-order valence-electron chi connectivity index (χ4n) is 2.20. The SMILES string of the molecule is CC1CCCCC1OC(=O)c1ccncc1F. The van der Waals surface area contributed by atoms with Crippen LogP contribution in [0.15, 0.2) is 18.5 Å². The van der Waals surface area contributed by atoms with Gasteiger partial charge in [0.05, 0.1) is 11.8 Å². The van der Waals surface area contributed by atoms with E-state index in [9.17, 15) is 9.18 Å². The molecule has 0 spiro atoms. The first-order valence-electron chi connectivity index (χ1n) is 5.99. The van der Waals surface area contributed by atoms with Gasteiger partial charge in [-0.3, -0.25) is 4.98 Å². The predicted octanol–water partition coefficient (Wildman–Crippen LogP) is 2.96. The van der Waals surface area contributed by atoms with Crippen molar-refractivity contribution in [3.05, 3.63) is 29.8 Å². The number of nitrogens with zero attached hydrogens (tertiary/aromatic N) is 1. The van der Waals surface area contributed by atoms with Crippen LogP contribution in [0.25, 0.3) is 0 Å². The van der Waals surface area contributed by atoms with Crippen molar-refractivity contribution in [1.82, 2.24) is 4.98 Å². The van der Waals surface area contributed by atoms with Crippen molar-refractivity contribution in [1.29, 1.82) is 0 Å². The average Bonchev–Trinajstić information content (AvgIpc) is 2.32. The van der Waals surface area contributed by atoms with Crippen LogP contribution in [0, 0.1) is 11.7 Å². The normalized spacial score (nSPS) is 24.4. The summed E-state index contributed by atoms with van der Waals surface area (Å²) in [5, 5.41) is 0. The van der Waals surface area contributed by atoms with E-state index in [2.05, 4.69) is 11.9 Å². The number of rotatable bonds is 2. The fourth-order valence-corrected chi connectivity index (χ4v) is 2.20. The Morgan fingerprint density at radius 3 is 2.94 bits per heavy atom. The van der Waals surface area contributed by atoms with Gasteiger partial charge in [-0.05, 0) is 31.2 Å². The third kappa shape index (κ3) is 2.81. The minimum Gasteiger partial charge on any atom is -0.458 e. The molecular weight excluding hydrogens is 221 g/mol. The number of hydrogen-bond donors (Lipinski definition) is 0. The zero-order valence-electron chi connectivity index (χ0n) is 9.86. The summed E-state index contributed by atoms with van der Waals surface area (Å²) < 4.78 is 18.7. The van der Waals surface area contributed by atoms with Crippen molar-refractivity contribution in [2.24, 2.45) is 5.92 Å². The second-order valence-corrected chi connectivity index (χ2v) is 4.56. The number of aromatic nitrogens is 1. The van der Waals surface area contributed by atoms with Crippen LogP contribution in [0.2, 0.25) is 0 Å². The molecule has 1 aromatic heterocycles. The molecule has 0 aliphatic heterocycles. The summed E-state index contributed by atoms with van der Waals surface area (Å²) in [7, 11) is 0. The van der Waals surface area contributed by atoms with Gasteiger partial charge < -0.3 is 4.74 Å². The lowest BCUT2D eigenvalue weighted by Crippen LogP contribution is -2.28. The molecule has 1 aromatic rings. The van der Waals surface area contributed by atoms with Crippen molar-refractivity contribution < 1.29 is 13.9 Å². The van der Waals surface area contributed by atoms with Gasteiger partial charge in [-0.25, -0.2) is 9.18 Å². The predicted molar refractivity (Wildman–Crippen MR) is 61.0 cm³/mol. The maximum absolute atomic E-state index is 13.3. The van der Waals surface area contributed by atoms with E-state index in [1.165, 1.54) is 18.7 Å². The van der Waals surface area contributed by atoms with Crippen LogP contribution in [0.5, 0.6) is 0 Å². The van der Waals surface area contributed by atoms with Crippen molar-refractivity contribution in [3.63, 3.8) is 0 Å². The Kier molecular flexibility index (Phi) is 3.71. The van der Waals surface area contributed by atoms with Gasteiger partial charge >= 0.3 is 5.97 Å². The Morgan fingerprint density at radius 2 is 2.24 bits per heavy atom. The van der Waals surface area contributed by atoms with E-state index >= 15 is 0 Å². The quantitative estimate of drug-likeness (QED) is 0.742. The van der Waals surface area contributed by atoms with Crippen molar-refractivity contribution in [2.45, 2.75) is 38.7 Å². The molecule has 2 rings (SSSR count). The number of carbonyl (C=O) groups excluding carboxylic acids is 1. The van der Waals surface area contributed by atoms with E-state index < -0.39 is 11.8 Å². The zero-order valence-corrected chi connectivity index (χ0v) is 9.86. The van der Waals surface area contributed by atoms with Gasteiger partial charge in [-0.2, -0.15) is 0 Å². The summed E-state index contributed by atoms with van der Waals surface area (Å²) in [5.41, 5.74) is -0.0298. The van der Waals surface area contributed by atoms with Crippen LogP contribution in [0.3, 0.4) is 0 Å². The molecule has 1 heterocycles. The molecule has 1 aliphatic rings. The Bertz CT molecular complexity index is 408. The molecule has 3 nitrogen and oxygen atoms in total. The van der Waals surface area contributed by atoms with Crippen molar-refractivity contribution >= 4 is 5.97 Å². The smallest absolute Gasteiger partial charge is 0.341 e. The van der Waals surface area contributed by atoms with E-state index in [1.807, 2.05) is 0 Å². The Labute approximate surface area is 100 Å². The molecule has 0 N–H and O–H groups in total. The molecule has 2 atom stereocenters. The number of carbonyl (C=O) groups is 1. The van der Waals surface area contributed by atoms with Gasteiger partial charge in [0.1, 0.15) is 6.10 Å². The summed E-state index contributed by atoms with van der Waals surface area (Å²) in [6.07, 6.45) is 6.53. The van der Waals surface area contributed by atoms with Crippen LogP contribution < -0.4 is 0 Å². The van der Waals surface area contributed by atoms with E-state index in [4.69, 9.17) is 4.74 Å². The van der Waals surface area contributed by atoms with Gasteiger partial charge in [0.15, 0.2) is 5.82 Å². The van der Waals surface area contributed by atoms with E-state index in [0.717, 1.165) is 25.5 Å². The highest BCUT2D eigenvalue weighted by Gasteiger charge is 2.26. The van der Waals surface area contributed by atoms with Crippen LogP contribution >= 0.6 is 0 Å². The van der Waals surface area contributed by atoms with Crippen LogP contribution in [0.1, 0.15) is 43.0 Å². The largest absolute Gasteiger partial charge is 0.458 e. The Balaban J connectivity index is 2.04. The van der Waals surface area contributed by atoms with Gasteiger partial charge in [0, 0.05) is 6.20 Å². The first-order chi connectivity index (χ1) is 8.18. The highest BCUT2D eigenvalue weighted by atomic mass is 19.1. The molecule has 0 aromatic carbocycles. The summed E-state index contributed by atoms with van der Waals surface area (Å²) in [6.45, 7) is 2.07. The lowest BCUT2D eigenvalue weighted by molar-refractivity contribution is 0.00435. The second kappa shape index (κ2) is 5.25. The van der Waals surface area contributed by atoms with E-state index in [0.29, 0.717) is 5.92 Å².